The fraction of sp³-hybridized carbons (Fsp3) is 0.391. The van der Waals surface area contributed by atoms with Gasteiger partial charge in [-0.05, 0) is 86.6 Å². The van der Waals surface area contributed by atoms with Crippen molar-refractivity contribution in [2.75, 3.05) is 103 Å². The molecule has 4 aliphatic rings. The first-order chi connectivity index (χ1) is 29.3. The highest BCUT2D eigenvalue weighted by molar-refractivity contribution is 6.31. The Kier molecular flexibility index (Phi) is 12.7. The van der Waals surface area contributed by atoms with E-state index < -0.39 is 11.9 Å². The van der Waals surface area contributed by atoms with Crippen LogP contribution in [0.4, 0.5) is 11.4 Å². The Balaban J connectivity index is 0.719. The average molecular weight is 817 g/mol. The third kappa shape index (κ3) is 8.87. The molecule has 4 heterocycles. The molecule has 2 unspecified atom stereocenters. The molecule has 8 rings (SSSR count). The summed E-state index contributed by atoms with van der Waals surface area (Å²) >= 11 is 0. The molecule has 0 aliphatic carbocycles. The van der Waals surface area contributed by atoms with E-state index in [-0.39, 0.29) is 35.8 Å². The molecule has 314 valence electrons. The molecule has 2 amide bonds. The standard InChI is InChI=1S/C46H52N6O8/c1-57-43-39-11-5-3-9-37(39)41(53)51(43)23-7-21-47-25-29-49(30-26-47)33-13-17-35(18-14-33)59-45(55)46(56)60-36-19-15-34(16-20-36)50-31-27-48(28-32-50)22-8-24-52-42(54)38-10-4-6-12-40(38)44(52)58-2/h3-6,9-20,43-44H,7-8,21-32H2,1-2H3. The molecule has 14 nitrogen and oxygen atoms in total. The molecular formula is C46H52N6O8. The number of rotatable bonds is 14. The van der Waals surface area contributed by atoms with E-state index in [9.17, 15) is 19.2 Å². The number of hydrogen-bond acceptors (Lipinski definition) is 12. The van der Waals surface area contributed by atoms with Crippen LogP contribution in [0.1, 0.15) is 57.1 Å². The van der Waals surface area contributed by atoms with Crippen LogP contribution in [-0.4, -0.2) is 136 Å². The van der Waals surface area contributed by atoms with Gasteiger partial charge in [-0.3, -0.25) is 19.4 Å². The highest BCUT2D eigenvalue weighted by Gasteiger charge is 2.37. The van der Waals surface area contributed by atoms with Crippen LogP contribution in [-0.2, 0) is 19.1 Å². The van der Waals surface area contributed by atoms with E-state index >= 15 is 0 Å². The molecule has 0 N–H and O–H groups in total. The minimum atomic E-state index is -1.09. The third-order valence-electron chi connectivity index (χ3n) is 11.9. The monoisotopic (exact) mass is 816 g/mol. The molecule has 0 aromatic heterocycles. The summed E-state index contributed by atoms with van der Waals surface area (Å²) in [5.74, 6) is -1.62. The lowest BCUT2D eigenvalue weighted by Crippen LogP contribution is -2.47. The number of benzene rings is 4. The van der Waals surface area contributed by atoms with Crippen LogP contribution in [0.3, 0.4) is 0 Å². The number of nitrogens with zero attached hydrogens (tertiary/aromatic N) is 6. The van der Waals surface area contributed by atoms with Crippen LogP contribution in [0.2, 0.25) is 0 Å². The number of esters is 2. The first-order valence-electron chi connectivity index (χ1n) is 20.8. The Morgan fingerprint density at radius 3 is 1.23 bits per heavy atom. The van der Waals surface area contributed by atoms with Crippen LogP contribution >= 0.6 is 0 Å². The van der Waals surface area contributed by atoms with E-state index in [0.717, 1.165) is 112 Å². The summed E-state index contributed by atoms with van der Waals surface area (Å²) in [6.45, 7) is 9.93. The lowest BCUT2D eigenvalue weighted by molar-refractivity contribution is -0.156. The molecule has 14 heteroatoms. The SMILES string of the molecule is COC1c2ccccc2C(=O)N1CCCN1CCN(c2ccc(OC(=O)C(=O)Oc3ccc(N4CCN(CCCN5C(=O)c6ccccc6C5OC)CC4)cc3)cc2)CC1. The van der Waals surface area contributed by atoms with Crippen molar-refractivity contribution in [2.24, 2.45) is 0 Å². The maximum Gasteiger partial charge on any atom is 0.423 e. The van der Waals surface area contributed by atoms with Gasteiger partial charge < -0.3 is 38.5 Å². The van der Waals surface area contributed by atoms with Crippen molar-refractivity contribution >= 4 is 35.1 Å². The minimum absolute atomic E-state index is 0.0243. The normalized spacial score (nSPS) is 19.4. The predicted molar refractivity (Wildman–Crippen MR) is 225 cm³/mol. The Hall–Kier alpha value is -5.80. The quantitative estimate of drug-likeness (QED) is 0.0985. The van der Waals surface area contributed by atoms with Gasteiger partial charge in [-0.15, -0.1) is 0 Å². The summed E-state index contributed by atoms with van der Waals surface area (Å²) in [7, 11) is 3.29. The number of hydrogen-bond donors (Lipinski definition) is 0. The van der Waals surface area contributed by atoms with Gasteiger partial charge >= 0.3 is 11.9 Å². The molecule has 4 aromatic rings. The number of carbonyl (C=O) groups is 4. The fourth-order valence-electron chi connectivity index (χ4n) is 8.75. The van der Waals surface area contributed by atoms with Crippen LogP contribution in [0.5, 0.6) is 11.5 Å². The van der Waals surface area contributed by atoms with E-state index in [1.807, 2.05) is 82.6 Å². The largest absolute Gasteiger partial charge is 0.423 e. The van der Waals surface area contributed by atoms with Crippen molar-refractivity contribution in [1.82, 2.24) is 19.6 Å². The molecule has 4 aliphatic heterocycles. The van der Waals surface area contributed by atoms with Crippen molar-refractivity contribution in [3.05, 3.63) is 119 Å². The third-order valence-corrected chi connectivity index (χ3v) is 11.9. The molecule has 0 spiro atoms. The highest BCUT2D eigenvalue weighted by Crippen LogP contribution is 2.35. The minimum Gasteiger partial charge on any atom is -0.418 e. The van der Waals surface area contributed by atoms with Gasteiger partial charge in [0.15, 0.2) is 12.5 Å². The molecular weight excluding hydrogens is 765 g/mol. The molecule has 4 aromatic carbocycles. The Morgan fingerprint density at radius 2 is 0.867 bits per heavy atom. The van der Waals surface area contributed by atoms with Gasteiger partial charge in [0.05, 0.1) is 0 Å². The predicted octanol–water partition coefficient (Wildman–Crippen LogP) is 4.82. The van der Waals surface area contributed by atoms with E-state index in [0.29, 0.717) is 13.1 Å². The maximum absolute atomic E-state index is 12.9. The van der Waals surface area contributed by atoms with E-state index in [1.54, 1.807) is 38.5 Å². The first-order valence-corrected chi connectivity index (χ1v) is 20.8. The number of anilines is 2. The lowest BCUT2D eigenvalue weighted by Gasteiger charge is -2.36. The van der Waals surface area contributed by atoms with Crippen molar-refractivity contribution in [3.63, 3.8) is 0 Å². The second kappa shape index (κ2) is 18.6. The number of amides is 2. The zero-order valence-corrected chi connectivity index (χ0v) is 34.2. The lowest BCUT2D eigenvalue weighted by atomic mass is 10.1. The van der Waals surface area contributed by atoms with E-state index in [4.69, 9.17) is 18.9 Å². The molecule has 0 radical (unpaired) electrons. The van der Waals surface area contributed by atoms with Crippen LogP contribution in [0.25, 0.3) is 0 Å². The van der Waals surface area contributed by atoms with E-state index in [2.05, 4.69) is 19.6 Å². The summed E-state index contributed by atoms with van der Waals surface area (Å²) in [6, 6.07) is 29.6. The Morgan fingerprint density at radius 1 is 0.500 bits per heavy atom. The Bertz CT molecular complexity index is 2000. The van der Waals surface area contributed by atoms with Crippen LogP contribution < -0.4 is 19.3 Å². The van der Waals surface area contributed by atoms with Crippen LogP contribution in [0, 0.1) is 0 Å². The van der Waals surface area contributed by atoms with E-state index in [1.165, 1.54) is 0 Å². The van der Waals surface area contributed by atoms with Gasteiger partial charge in [-0.1, -0.05) is 36.4 Å². The topological polar surface area (TPSA) is 125 Å². The first kappa shape index (κ1) is 41.0. The van der Waals surface area contributed by atoms with Gasteiger partial charge in [0, 0.05) is 113 Å². The molecule has 2 atom stereocenters. The number of fused-ring (bicyclic) bond motifs is 2. The molecule has 60 heavy (non-hydrogen) atoms. The molecule has 0 saturated carbocycles. The fourth-order valence-corrected chi connectivity index (χ4v) is 8.75. The number of piperazine rings is 2. The summed E-state index contributed by atoms with van der Waals surface area (Å²) in [6.07, 6.45) is 1.04. The van der Waals surface area contributed by atoms with Crippen molar-refractivity contribution in [2.45, 2.75) is 25.3 Å². The van der Waals surface area contributed by atoms with Crippen molar-refractivity contribution < 1.29 is 38.1 Å². The smallest absolute Gasteiger partial charge is 0.418 e. The highest BCUT2D eigenvalue weighted by atomic mass is 16.6. The number of carbonyl (C=O) groups excluding carboxylic acids is 4. The maximum atomic E-state index is 12.9. The zero-order valence-electron chi connectivity index (χ0n) is 34.2. The zero-order chi connectivity index (χ0) is 41.6. The van der Waals surface area contributed by atoms with Crippen molar-refractivity contribution in [3.8, 4) is 11.5 Å². The van der Waals surface area contributed by atoms with Crippen LogP contribution in [0.15, 0.2) is 97.1 Å². The number of methoxy groups -OCH3 is 2. The van der Waals surface area contributed by atoms with Gasteiger partial charge in [-0.2, -0.15) is 0 Å². The summed E-state index contributed by atoms with van der Waals surface area (Å²) in [4.78, 5) is 64.2. The number of ether oxygens (including phenoxy) is 4. The van der Waals surface area contributed by atoms with Gasteiger partial charge in [0.25, 0.3) is 11.8 Å². The summed E-state index contributed by atoms with van der Waals surface area (Å²) in [5.41, 5.74) is 5.31. The second-order valence-electron chi connectivity index (χ2n) is 15.5. The average Bonchev–Trinajstić information content (AvgIpc) is 3.72. The van der Waals surface area contributed by atoms with Gasteiger partial charge in [0.1, 0.15) is 11.5 Å². The van der Waals surface area contributed by atoms with Crippen molar-refractivity contribution in [1.29, 1.82) is 0 Å². The van der Waals surface area contributed by atoms with Gasteiger partial charge in [0.2, 0.25) is 0 Å². The summed E-state index contributed by atoms with van der Waals surface area (Å²) < 4.78 is 22.0. The summed E-state index contributed by atoms with van der Waals surface area (Å²) in [5, 5.41) is 0. The molecule has 2 fully saturated rings. The van der Waals surface area contributed by atoms with Gasteiger partial charge in [-0.25, -0.2) is 9.59 Å². The molecule has 0 bridgehead atoms. The second-order valence-corrected chi connectivity index (χ2v) is 15.5. The Labute approximate surface area is 350 Å². The molecule has 2 saturated heterocycles.